The molecule has 4 heteroatoms. The Hall–Kier alpha value is -2.07. The minimum Gasteiger partial charge on any atom is -0.361 e. The maximum atomic E-state index is 12.3. The number of H-pyrrole nitrogens is 1. The molecule has 0 bridgehead atoms. The molecule has 1 aromatic carbocycles. The molecular weight excluding hydrogens is 280 g/mol. The minimum absolute atomic E-state index is 0.0314. The number of hydrogen-bond acceptors (Lipinski definition) is 2. The van der Waals surface area contributed by atoms with Gasteiger partial charge in [-0.2, -0.15) is 0 Å². The minimum atomic E-state index is -0.0552. The van der Waals surface area contributed by atoms with Crippen molar-refractivity contribution >= 4 is 28.1 Å². The van der Waals surface area contributed by atoms with Crippen LogP contribution >= 0.6 is 11.3 Å². The van der Waals surface area contributed by atoms with Gasteiger partial charge in [0.1, 0.15) is 0 Å². The number of aromatic nitrogens is 1. The Morgan fingerprint density at radius 3 is 2.90 bits per heavy atom. The number of aromatic amines is 1. The molecule has 2 N–H and O–H groups in total. The summed E-state index contributed by atoms with van der Waals surface area (Å²) >= 11 is 1.72. The quantitative estimate of drug-likeness (QED) is 0.753. The van der Waals surface area contributed by atoms with Crippen LogP contribution in [0.2, 0.25) is 0 Å². The molecule has 0 atom stereocenters. The summed E-state index contributed by atoms with van der Waals surface area (Å²) in [7, 11) is 0. The van der Waals surface area contributed by atoms with Crippen LogP contribution in [0.1, 0.15) is 29.1 Å². The summed E-state index contributed by atoms with van der Waals surface area (Å²) in [5.41, 5.74) is 1.62. The maximum absolute atomic E-state index is 12.3. The summed E-state index contributed by atoms with van der Waals surface area (Å²) in [5, 5.41) is 6.22. The highest BCUT2D eigenvalue weighted by Gasteiger charge is 2.22. The lowest BCUT2D eigenvalue weighted by atomic mass is 9.91. The SMILES string of the molecule is CC(C)(CNC(=O)c1ccc2cc[nH]c2c1)c1cccs1. The molecule has 0 aliphatic carbocycles. The summed E-state index contributed by atoms with van der Waals surface area (Å²) in [5.74, 6) is -0.0314. The number of nitrogens with one attached hydrogen (secondary N) is 2. The number of fused-ring (bicyclic) bond motifs is 1. The van der Waals surface area contributed by atoms with Crippen molar-refractivity contribution in [1.82, 2.24) is 10.3 Å². The zero-order chi connectivity index (χ0) is 14.9. The normalized spacial score (nSPS) is 11.7. The molecule has 2 aromatic heterocycles. The lowest BCUT2D eigenvalue weighted by Crippen LogP contribution is -2.36. The summed E-state index contributed by atoms with van der Waals surface area (Å²) in [6, 6.07) is 11.9. The summed E-state index contributed by atoms with van der Waals surface area (Å²) < 4.78 is 0. The molecule has 0 unspecified atom stereocenters. The van der Waals surface area contributed by atoms with Crippen LogP contribution in [0.4, 0.5) is 0 Å². The molecule has 3 aromatic rings. The van der Waals surface area contributed by atoms with Crippen molar-refractivity contribution in [3.63, 3.8) is 0 Å². The summed E-state index contributed by atoms with van der Waals surface area (Å²) in [6.07, 6.45) is 1.88. The highest BCUT2D eigenvalue weighted by molar-refractivity contribution is 7.10. The largest absolute Gasteiger partial charge is 0.361 e. The van der Waals surface area contributed by atoms with Crippen molar-refractivity contribution in [2.24, 2.45) is 0 Å². The van der Waals surface area contributed by atoms with Crippen LogP contribution in [0.5, 0.6) is 0 Å². The van der Waals surface area contributed by atoms with Gasteiger partial charge in [-0.25, -0.2) is 0 Å². The number of hydrogen-bond donors (Lipinski definition) is 2. The van der Waals surface area contributed by atoms with E-state index in [2.05, 4.69) is 35.6 Å². The van der Waals surface area contributed by atoms with Gasteiger partial charge in [0.15, 0.2) is 0 Å². The average Bonchev–Trinajstić information content (AvgIpc) is 3.14. The third kappa shape index (κ3) is 2.85. The fourth-order valence-corrected chi connectivity index (χ4v) is 3.20. The van der Waals surface area contributed by atoms with Gasteiger partial charge < -0.3 is 10.3 Å². The molecule has 0 saturated carbocycles. The van der Waals surface area contributed by atoms with Gasteiger partial charge in [0.05, 0.1) is 0 Å². The van der Waals surface area contributed by atoms with Gasteiger partial charge in [-0.1, -0.05) is 26.0 Å². The Morgan fingerprint density at radius 1 is 1.29 bits per heavy atom. The molecule has 21 heavy (non-hydrogen) atoms. The fraction of sp³-hybridized carbons (Fsp3) is 0.235. The van der Waals surface area contributed by atoms with E-state index in [1.165, 1.54) is 4.88 Å². The number of thiophene rings is 1. The molecule has 1 amide bonds. The zero-order valence-corrected chi connectivity index (χ0v) is 13.0. The first-order valence-corrected chi connectivity index (χ1v) is 7.83. The second-order valence-corrected chi connectivity index (χ2v) is 6.77. The van der Waals surface area contributed by atoms with Gasteiger partial charge in [0.2, 0.25) is 0 Å². The molecule has 0 spiro atoms. The Labute approximate surface area is 128 Å². The predicted octanol–water partition coefficient (Wildman–Crippen LogP) is 3.94. The molecule has 3 nitrogen and oxygen atoms in total. The highest BCUT2D eigenvalue weighted by Crippen LogP contribution is 2.26. The van der Waals surface area contributed by atoms with Crippen molar-refractivity contribution in [1.29, 1.82) is 0 Å². The summed E-state index contributed by atoms with van der Waals surface area (Å²) in [4.78, 5) is 16.7. The Kier molecular flexibility index (Phi) is 3.55. The zero-order valence-electron chi connectivity index (χ0n) is 12.1. The molecule has 108 valence electrons. The summed E-state index contributed by atoms with van der Waals surface area (Å²) in [6.45, 7) is 4.91. The van der Waals surface area contributed by atoms with Crippen LogP contribution in [-0.2, 0) is 5.41 Å². The number of benzene rings is 1. The van der Waals surface area contributed by atoms with Crippen LogP contribution in [0.3, 0.4) is 0 Å². The topological polar surface area (TPSA) is 44.9 Å². The standard InChI is InChI=1S/C17H18N2OS/c1-17(2,15-4-3-9-21-15)11-19-16(20)13-6-5-12-7-8-18-14(12)10-13/h3-10,18H,11H2,1-2H3,(H,19,20). The van der Waals surface area contributed by atoms with Crippen molar-refractivity contribution in [3.8, 4) is 0 Å². The maximum Gasteiger partial charge on any atom is 0.251 e. The van der Waals surface area contributed by atoms with Crippen LogP contribution in [0.15, 0.2) is 48.0 Å². The lowest BCUT2D eigenvalue weighted by Gasteiger charge is -2.23. The van der Waals surface area contributed by atoms with Crippen molar-refractivity contribution < 1.29 is 4.79 Å². The Bertz CT molecular complexity index is 756. The first kappa shape index (κ1) is 13.9. The first-order chi connectivity index (χ1) is 10.1. The van der Waals surface area contributed by atoms with Gasteiger partial charge in [0.25, 0.3) is 5.91 Å². The lowest BCUT2D eigenvalue weighted by molar-refractivity contribution is 0.0946. The Balaban J connectivity index is 1.71. The van der Waals surface area contributed by atoms with Gasteiger partial charge in [-0.3, -0.25) is 4.79 Å². The molecule has 0 saturated heterocycles. The van der Waals surface area contributed by atoms with E-state index in [0.29, 0.717) is 12.1 Å². The second kappa shape index (κ2) is 5.37. The molecule has 2 heterocycles. The first-order valence-electron chi connectivity index (χ1n) is 6.96. The molecule has 3 rings (SSSR count). The molecule has 0 aliphatic heterocycles. The smallest absolute Gasteiger partial charge is 0.251 e. The van der Waals surface area contributed by atoms with E-state index in [0.717, 1.165) is 10.9 Å². The van der Waals surface area contributed by atoms with Gasteiger partial charge >= 0.3 is 0 Å². The van der Waals surface area contributed by atoms with Crippen molar-refractivity contribution in [2.75, 3.05) is 6.54 Å². The van der Waals surface area contributed by atoms with Crippen LogP contribution < -0.4 is 5.32 Å². The van der Waals surface area contributed by atoms with E-state index in [1.54, 1.807) is 11.3 Å². The van der Waals surface area contributed by atoms with E-state index in [9.17, 15) is 4.79 Å². The average molecular weight is 298 g/mol. The number of carbonyl (C=O) groups is 1. The number of rotatable bonds is 4. The van der Waals surface area contributed by atoms with E-state index < -0.39 is 0 Å². The molecule has 0 radical (unpaired) electrons. The number of carbonyl (C=O) groups excluding carboxylic acids is 1. The van der Waals surface area contributed by atoms with Crippen LogP contribution in [0.25, 0.3) is 10.9 Å². The number of amides is 1. The van der Waals surface area contributed by atoms with Gasteiger partial charge in [0, 0.05) is 34.1 Å². The third-order valence-corrected chi connectivity index (χ3v) is 4.93. The van der Waals surface area contributed by atoms with Gasteiger partial charge in [-0.15, -0.1) is 11.3 Å². The van der Waals surface area contributed by atoms with Gasteiger partial charge in [-0.05, 0) is 35.0 Å². The predicted molar refractivity (Wildman–Crippen MR) is 88.0 cm³/mol. The monoisotopic (exact) mass is 298 g/mol. The van der Waals surface area contributed by atoms with E-state index in [4.69, 9.17) is 0 Å². The highest BCUT2D eigenvalue weighted by atomic mass is 32.1. The van der Waals surface area contributed by atoms with Crippen LogP contribution in [0, 0.1) is 0 Å². The molecule has 0 fully saturated rings. The molecular formula is C17H18N2OS. The fourth-order valence-electron chi connectivity index (χ4n) is 2.34. The van der Waals surface area contributed by atoms with E-state index in [-0.39, 0.29) is 11.3 Å². The Morgan fingerprint density at radius 2 is 2.14 bits per heavy atom. The second-order valence-electron chi connectivity index (χ2n) is 5.82. The molecule has 0 aliphatic rings. The van der Waals surface area contributed by atoms with E-state index >= 15 is 0 Å². The van der Waals surface area contributed by atoms with Crippen molar-refractivity contribution in [3.05, 3.63) is 58.4 Å². The third-order valence-electron chi connectivity index (χ3n) is 3.70. The van der Waals surface area contributed by atoms with E-state index in [1.807, 2.05) is 36.5 Å². The van der Waals surface area contributed by atoms with Crippen molar-refractivity contribution in [2.45, 2.75) is 19.3 Å². The van der Waals surface area contributed by atoms with Crippen LogP contribution in [-0.4, -0.2) is 17.4 Å².